The van der Waals surface area contributed by atoms with Crippen LogP contribution in [0.15, 0.2) is 24.3 Å². The zero-order valence-electron chi connectivity index (χ0n) is 7.04. The predicted octanol–water partition coefficient (Wildman–Crippen LogP) is 1.14. The summed E-state index contributed by atoms with van der Waals surface area (Å²) >= 11 is 4.92. The Morgan fingerprint density at radius 1 is 1.36 bits per heavy atom. The Kier molecular flexibility index (Phi) is 2.19. The molecule has 0 saturated carbocycles. The number of H-pyrrole nitrogens is 1. The third-order valence-electron chi connectivity index (χ3n) is 1.76. The topological polar surface area (TPSA) is 63.6 Å². The first-order valence-electron chi connectivity index (χ1n) is 3.87. The SMILES string of the molecule is O=Cc1ccc(-n2[nH]nnc2=S)cc1. The van der Waals surface area contributed by atoms with Gasteiger partial charge in [0.2, 0.25) is 4.77 Å². The Labute approximate surface area is 84.4 Å². The van der Waals surface area contributed by atoms with Crippen LogP contribution in [0.5, 0.6) is 0 Å². The Bertz CT molecular complexity index is 499. The highest BCUT2D eigenvalue weighted by atomic mass is 32.1. The van der Waals surface area contributed by atoms with Crippen molar-refractivity contribution >= 4 is 18.5 Å². The number of rotatable bonds is 2. The van der Waals surface area contributed by atoms with E-state index in [4.69, 9.17) is 12.2 Å². The lowest BCUT2D eigenvalue weighted by Crippen LogP contribution is -1.96. The number of aromatic amines is 1. The molecule has 0 radical (unpaired) electrons. The van der Waals surface area contributed by atoms with Gasteiger partial charge in [-0.1, -0.05) is 10.3 Å². The maximum Gasteiger partial charge on any atom is 0.242 e. The molecular weight excluding hydrogens is 200 g/mol. The molecule has 0 aliphatic rings. The quantitative estimate of drug-likeness (QED) is 0.591. The number of hydrogen-bond acceptors (Lipinski definition) is 4. The highest BCUT2D eigenvalue weighted by molar-refractivity contribution is 7.71. The fourth-order valence-corrected chi connectivity index (χ4v) is 1.25. The van der Waals surface area contributed by atoms with E-state index < -0.39 is 0 Å². The van der Waals surface area contributed by atoms with E-state index in [1.807, 2.05) is 0 Å². The summed E-state index contributed by atoms with van der Waals surface area (Å²) in [4.78, 5) is 10.4. The first-order valence-corrected chi connectivity index (χ1v) is 4.28. The molecule has 0 aliphatic heterocycles. The molecular formula is C8H6N4OS. The smallest absolute Gasteiger partial charge is 0.242 e. The fraction of sp³-hybridized carbons (Fsp3) is 0. The number of nitrogens with one attached hydrogen (secondary N) is 1. The molecule has 1 aromatic heterocycles. The molecule has 0 aliphatic carbocycles. The summed E-state index contributed by atoms with van der Waals surface area (Å²) in [7, 11) is 0. The summed E-state index contributed by atoms with van der Waals surface area (Å²) < 4.78 is 1.90. The van der Waals surface area contributed by atoms with Crippen molar-refractivity contribution in [1.82, 2.24) is 20.2 Å². The van der Waals surface area contributed by atoms with Gasteiger partial charge in [0, 0.05) is 5.56 Å². The second-order valence-electron chi connectivity index (χ2n) is 2.63. The minimum atomic E-state index is 0.351. The van der Waals surface area contributed by atoms with Gasteiger partial charge in [-0.2, -0.15) is 5.21 Å². The largest absolute Gasteiger partial charge is 0.298 e. The lowest BCUT2D eigenvalue weighted by Gasteiger charge is -1.99. The number of aromatic nitrogens is 4. The summed E-state index contributed by atoms with van der Waals surface area (Å²) in [5, 5.41) is 9.82. The van der Waals surface area contributed by atoms with Crippen molar-refractivity contribution in [3.8, 4) is 5.69 Å². The van der Waals surface area contributed by atoms with Crippen LogP contribution >= 0.6 is 12.2 Å². The summed E-state index contributed by atoms with van der Waals surface area (Å²) in [6, 6.07) is 6.93. The van der Waals surface area contributed by atoms with Crippen molar-refractivity contribution in [2.24, 2.45) is 0 Å². The molecule has 1 heterocycles. The second kappa shape index (κ2) is 3.51. The lowest BCUT2D eigenvalue weighted by molar-refractivity contribution is 0.112. The van der Waals surface area contributed by atoms with Crippen molar-refractivity contribution in [2.75, 3.05) is 0 Å². The number of hydrogen-bond donors (Lipinski definition) is 1. The third-order valence-corrected chi connectivity index (χ3v) is 2.02. The van der Waals surface area contributed by atoms with Crippen LogP contribution in [-0.2, 0) is 0 Å². The van der Waals surface area contributed by atoms with Crippen LogP contribution in [0.3, 0.4) is 0 Å². The summed E-state index contributed by atoms with van der Waals surface area (Å²) in [5.74, 6) is 0. The Morgan fingerprint density at radius 3 is 2.57 bits per heavy atom. The monoisotopic (exact) mass is 206 g/mol. The Morgan fingerprint density at radius 2 is 2.07 bits per heavy atom. The van der Waals surface area contributed by atoms with Crippen LogP contribution in [0.2, 0.25) is 0 Å². The van der Waals surface area contributed by atoms with Crippen molar-refractivity contribution in [1.29, 1.82) is 0 Å². The normalized spacial score (nSPS) is 10.0. The minimum absolute atomic E-state index is 0.351. The highest BCUT2D eigenvalue weighted by Gasteiger charge is 1.98. The molecule has 0 saturated heterocycles. The summed E-state index contributed by atoms with van der Waals surface area (Å²) in [5.41, 5.74) is 1.42. The molecule has 1 N–H and O–H groups in total. The molecule has 14 heavy (non-hydrogen) atoms. The number of carbonyl (C=O) groups is 1. The van der Waals surface area contributed by atoms with Crippen LogP contribution in [0.25, 0.3) is 5.69 Å². The first-order chi connectivity index (χ1) is 6.81. The molecule has 1 aromatic carbocycles. The zero-order valence-corrected chi connectivity index (χ0v) is 7.86. The van der Waals surface area contributed by atoms with E-state index in [9.17, 15) is 4.79 Å². The van der Waals surface area contributed by atoms with E-state index >= 15 is 0 Å². The molecule has 0 fully saturated rings. The van der Waals surface area contributed by atoms with Gasteiger partial charge < -0.3 is 0 Å². The molecule has 6 heteroatoms. The predicted molar refractivity (Wildman–Crippen MR) is 51.9 cm³/mol. The summed E-state index contributed by atoms with van der Waals surface area (Å²) in [6.07, 6.45) is 0.786. The van der Waals surface area contributed by atoms with Crippen LogP contribution in [0.1, 0.15) is 10.4 Å². The van der Waals surface area contributed by atoms with Crippen molar-refractivity contribution in [3.05, 3.63) is 34.6 Å². The fourth-order valence-electron chi connectivity index (χ4n) is 1.07. The molecule has 5 nitrogen and oxygen atoms in total. The molecule has 70 valence electrons. The van der Waals surface area contributed by atoms with Gasteiger partial charge in [-0.25, -0.2) is 4.68 Å². The zero-order chi connectivity index (χ0) is 9.97. The number of carbonyl (C=O) groups excluding carboxylic acids is 1. The van der Waals surface area contributed by atoms with E-state index in [2.05, 4.69) is 15.5 Å². The van der Waals surface area contributed by atoms with Gasteiger partial charge in [0.25, 0.3) is 0 Å². The molecule has 2 aromatic rings. The van der Waals surface area contributed by atoms with Crippen LogP contribution in [-0.4, -0.2) is 26.5 Å². The van der Waals surface area contributed by atoms with Crippen LogP contribution < -0.4 is 0 Å². The van der Waals surface area contributed by atoms with Crippen LogP contribution in [0, 0.1) is 4.77 Å². The van der Waals surface area contributed by atoms with Gasteiger partial charge in [-0.05, 0) is 36.5 Å². The Hall–Kier alpha value is -1.82. The summed E-state index contributed by atoms with van der Waals surface area (Å²) in [6.45, 7) is 0. The molecule has 2 rings (SSSR count). The molecule has 0 bridgehead atoms. The average Bonchev–Trinajstić information content (AvgIpc) is 2.65. The van der Waals surface area contributed by atoms with Gasteiger partial charge in [-0.15, -0.1) is 0 Å². The average molecular weight is 206 g/mol. The van der Waals surface area contributed by atoms with E-state index in [-0.39, 0.29) is 0 Å². The maximum atomic E-state index is 10.4. The molecule has 0 spiro atoms. The second-order valence-corrected chi connectivity index (χ2v) is 2.99. The van der Waals surface area contributed by atoms with Gasteiger partial charge in [-0.3, -0.25) is 4.79 Å². The van der Waals surface area contributed by atoms with Crippen molar-refractivity contribution in [3.63, 3.8) is 0 Å². The van der Waals surface area contributed by atoms with Gasteiger partial charge in [0.15, 0.2) is 0 Å². The highest BCUT2D eigenvalue weighted by Crippen LogP contribution is 2.06. The third kappa shape index (κ3) is 1.47. The number of nitrogens with zero attached hydrogens (tertiary/aromatic N) is 3. The van der Waals surface area contributed by atoms with E-state index in [0.29, 0.717) is 10.3 Å². The van der Waals surface area contributed by atoms with Gasteiger partial charge in [0.1, 0.15) is 6.29 Å². The Balaban J connectivity index is 2.48. The van der Waals surface area contributed by atoms with E-state index in [1.165, 1.54) is 0 Å². The van der Waals surface area contributed by atoms with Crippen molar-refractivity contribution in [2.45, 2.75) is 0 Å². The van der Waals surface area contributed by atoms with Gasteiger partial charge in [0.05, 0.1) is 5.69 Å². The minimum Gasteiger partial charge on any atom is -0.298 e. The first kappa shape index (κ1) is 8.76. The standard InChI is InChI=1S/C8H6N4OS/c13-5-6-1-3-7(4-2-6)12-8(14)9-10-11-12/h1-5H,(H,9,11,14). The molecule has 0 amide bonds. The number of aldehydes is 1. The number of benzene rings is 1. The molecule has 0 atom stereocenters. The van der Waals surface area contributed by atoms with Crippen LogP contribution in [0.4, 0.5) is 0 Å². The van der Waals surface area contributed by atoms with Crippen molar-refractivity contribution < 1.29 is 4.79 Å². The number of tetrazole rings is 1. The molecule has 0 unspecified atom stereocenters. The van der Waals surface area contributed by atoms with E-state index in [1.54, 1.807) is 28.9 Å². The van der Waals surface area contributed by atoms with E-state index in [0.717, 1.165) is 12.0 Å². The maximum absolute atomic E-state index is 10.4. The van der Waals surface area contributed by atoms with Gasteiger partial charge >= 0.3 is 0 Å². The lowest BCUT2D eigenvalue weighted by atomic mass is 10.2.